The van der Waals surface area contributed by atoms with E-state index in [1.807, 2.05) is 0 Å². The molecule has 0 spiro atoms. The van der Waals surface area contributed by atoms with Gasteiger partial charge in [0, 0.05) is 44.7 Å². The molecule has 1 aromatic carbocycles. The molecule has 2 aliphatic heterocycles. The Balaban J connectivity index is 1.57. The lowest BCUT2D eigenvalue weighted by Gasteiger charge is -2.38. The molecule has 1 N–H and O–H groups in total. The van der Waals surface area contributed by atoms with Gasteiger partial charge in [-0.3, -0.25) is 4.90 Å². The lowest BCUT2D eigenvalue weighted by atomic mass is 10.0. The number of hydrogen-bond donors (Lipinski definition) is 1. The van der Waals surface area contributed by atoms with Crippen LogP contribution in [0.25, 0.3) is 0 Å². The van der Waals surface area contributed by atoms with Crippen LogP contribution < -0.4 is 10.1 Å². The Kier molecular flexibility index (Phi) is 4.48. The van der Waals surface area contributed by atoms with Crippen molar-refractivity contribution in [3.63, 3.8) is 0 Å². The SMILES string of the molecule is CC(NCC1CN(C)CCN1C)c1ccc2c(c1)CCO2. The topological polar surface area (TPSA) is 27.7 Å². The molecule has 2 aliphatic rings. The van der Waals surface area contributed by atoms with Crippen LogP contribution in [-0.2, 0) is 6.42 Å². The second-order valence-electron chi connectivity index (χ2n) is 6.49. The predicted molar refractivity (Wildman–Crippen MR) is 86.0 cm³/mol. The minimum Gasteiger partial charge on any atom is -0.493 e. The van der Waals surface area contributed by atoms with Gasteiger partial charge in [0.15, 0.2) is 0 Å². The molecule has 3 rings (SSSR count). The predicted octanol–water partition coefficient (Wildman–Crippen LogP) is 1.52. The second-order valence-corrected chi connectivity index (χ2v) is 6.49. The third kappa shape index (κ3) is 3.39. The van der Waals surface area contributed by atoms with E-state index in [9.17, 15) is 0 Å². The Bertz CT molecular complexity index is 491. The van der Waals surface area contributed by atoms with Gasteiger partial charge in [-0.2, -0.15) is 0 Å². The van der Waals surface area contributed by atoms with Crippen molar-refractivity contribution in [2.75, 3.05) is 46.9 Å². The molecule has 4 heteroatoms. The highest BCUT2D eigenvalue weighted by Gasteiger charge is 2.22. The monoisotopic (exact) mass is 289 g/mol. The molecular weight excluding hydrogens is 262 g/mol. The number of benzene rings is 1. The molecule has 0 radical (unpaired) electrons. The number of ether oxygens (including phenoxy) is 1. The number of nitrogens with zero attached hydrogens (tertiary/aromatic N) is 2. The first-order valence-electron chi connectivity index (χ1n) is 8.01. The van der Waals surface area contributed by atoms with E-state index in [2.05, 4.69) is 54.3 Å². The normalized spacial score (nSPS) is 24.6. The maximum Gasteiger partial charge on any atom is 0.122 e. The van der Waals surface area contributed by atoms with Crippen molar-refractivity contribution in [3.8, 4) is 5.75 Å². The fourth-order valence-electron chi connectivity index (χ4n) is 3.23. The van der Waals surface area contributed by atoms with Crippen LogP contribution in [0.4, 0.5) is 0 Å². The first kappa shape index (κ1) is 14.8. The molecule has 0 aliphatic carbocycles. The first-order valence-corrected chi connectivity index (χ1v) is 8.01. The number of hydrogen-bond acceptors (Lipinski definition) is 4. The quantitative estimate of drug-likeness (QED) is 0.909. The van der Waals surface area contributed by atoms with Crippen molar-refractivity contribution < 1.29 is 4.74 Å². The summed E-state index contributed by atoms with van der Waals surface area (Å²) in [5.74, 6) is 1.07. The summed E-state index contributed by atoms with van der Waals surface area (Å²) >= 11 is 0. The molecule has 0 amide bonds. The van der Waals surface area contributed by atoms with Gasteiger partial charge in [0.2, 0.25) is 0 Å². The van der Waals surface area contributed by atoms with E-state index >= 15 is 0 Å². The van der Waals surface area contributed by atoms with Crippen LogP contribution in [0.3, 0.4) is 0 Å². The molecule has 1 saturated heterocycles. The van der Waals surface area contributed by atoms with Crippen molar-refractivity contribution in [1.29, 1.82) is 0 Å². The van der Waals surface area contributed by atoms with Crippen molar-refractivity contribution >= 4 is 0 Å². The average molecular weight is 289 g/mol. The Morgan fingerprint density at radius 2 is 2.19 bits per heavy atom. The van der Waals surface area contributed by atoms with Crippen LogP contribution in [-0.4, -0.2) is 62.7 Å². The van der Waals surface area contributed by atoms with Crippen LogP contribution in [0.15, 0.2) is 18.2 Å². The zero-order valence-corrected chi connectivity index (χ0v) is 13.4. The van der Waals surface area contributed by atoms with E-state index in [1.165, 1.54) is 17.7 Å². The van der Waals surface area contributed by atoms with E-state index in [-0.39, 0.29) is 0 Å². The van der Waals surface area contributed by atoms with Gasteiger partial charge < -0.3 is 15.0 Å². The molecule has 2 atom stereocenters. The van der Waals surface area contributed by atoms with Crippen molar-refractivity contribution in [1.82, 2.24) is 15.1 Å². The van der Waals surface area contributed by atoms with E-state index in [1.54, 1.807) is 0 Å². The van der Waals surface area contributed by atoms with Gasteiger partial charge in [0.1, 0.15) is 5.75 Å². The summed E-state index contributed by atoms with van der Waals surface area (Å²) in [5.41, 5.74) is 2.72. The number of piperazine rings is 1. The molecule has 116 valence electrons. The Labute approximate surface area is 128 Å². The fourth-order valence-corrected chi connectivity index (χ4v) is 3.23. The van der Waals surface area contributed by atoms with Gasteiger partial charge in [-0.05, 0) is 38.2 Å². The molecule has 4 nitrogen and oxygen atoms in total. The largest absolute Gasteiger partial charge is 0.493 e. The smallest absolute Gasteiger partial charge is 0.122 e. The molecule has 0 aromatic heterocycles. The van der Waals surface area contributed by atoms with Gasteiger partial charge in [-0.15, -0.1) is 0 Å². The van der Waals surface area contributed by atoms with Crippen molar-refractivity contribution in [2.24, 2.45) is 0 Å². The van der Waals surface area contributed by atoms with Crippen LogP contribution in [0.2, 0.25) is 0 Å². The van der Waals surface area contributed by atoms with Crippen LogP contribution in [0.1, 0.15) is 24.1 Å². The molecule has 2 unspecified atom stereocenters. The van der Waals surface area contributed by atoms with E-state index < -0.39 is 0 Å². The molecule has 21 heavy (non-hydrogen) atoms. The molecule has 0 saturated carbocycles. The van der Waals surface area contributed by atoms with Crippen LogP contribution >= 0.6 is 0 Å². The van der Waals surface area contributed by atoms with Gasteiger partial charge >= 0.3 is 0 Å². The van der Waals surface area contributed by atoms with Gasteiger partial charge in [-0.25, -0.2) is 0 Å². The van der Waals surface area contributed by atoms with Gasteiger partial charge in [-0.1, -0.05) is 12.1 Å². The Hall–Kier alpha value is -1.10. The summed E-state index contributed by atoms with van der Waals surface area (Å²) < 4.78 is 5.58. The lowest BCUT2D eigenvalue weighted by molar-refractivity contribution is 0.112. The highest BCUT2D eigenvalue weighted by molar-refractivity contribution is 5.40. The lowest BCUT2D eigenvalue weighted by Crippen LogP contribution is -2.53. The fraction of sp³-hybridized carbons (Fsp3) is 0.647. The van der Waals surface area contributed by atoms with Crippen LogP contribution in [0.5, 0.6) is 5.75 Å². The maximum atomic E-state index is 5.58. The third-order valence-electron chi connectivity index (χ3n) is 4.85. The average Bonchev–Trinajstić information content (AvgIpc) is 2.95. The van der Waals surface area contributed by atoms with E-state index in [4.69, 9.17) is 4.74 Å². The van der Waals surface area contributed by atoms with Gasteiger partial charge in [0.25, 0.3) is 0 Å². The van der Waals surface area contributed by atoms with Crippen molar-refractivity contribution in [2.45, 2.75) is 25.4 Å². The van der Waals surface area contributed by atoms with Crippen molar-refractivity contribution in [3.05, 3.63) is 29.3 Å². The maximum absolute atomic E-state index is 5.58. The number of nitrogens with one attached hydrogen (secondary N) is 1. The summed E-state index contributed by atoms with van der Waals surface area (Å²) in [6.45, 7) is 7.61. The summed E-state index contributed by atoms with van der Waals surface area (Å²) in [6.07, 6.45) is 1.05. The zero-order chi connectivity index (χ0) is 14.8. The minimum absolute atomic E-state index is 0.386. The van der Waals surface area contributed by atoms with Crippen LogP contribution in [0, 0.1) is 0 Å². The third-order valence-corrected chi connectivity index (χ3v) is 4.85. The summed E-state index contributed by atoms with van der Waals surface area (Å²) in [4.78, 5) is 4.89. The number of fused-ring (bicyclic) bond motifs is 1. The second kappa shape index (κ2) is 6.34. The number of rotatable bonds is 4. The molecule has 0 bridgehead atoms. The Morgan fingerprint density at radius 1 is 1.33 bits per heavy atom. The molecule has 1 aromatic rings. The van der Waals surface area contributed by atoms with E-state index in [0.717, 1.165) is 38.4 Å². The first-order chi connectivity index (χ1) is 10.1. The molecule has 1 fully saturated rings. The highest BCUT2D eigenvalue weighted by Crippen LogP contribution is 2.28. The molecular formula is C17H27N3O. The summed E-state index contributed by atoms with van der Waals surface area (Å²) in [6, 6.07) is 7.60. The Morgan fingerprint density at radius 3 is 3.05 bits per heavy atom. The minimum atomic E-state index is 0.386. The summed E-state index contributed by atoms with van der Waals surface area (Å²) in [5, 5.41) is 3.70. The zero-order valence-electron chi connectivity index (χ0n) is 13.4. The van der Waals surface area contributed by atoms with E-state index in [0.29, 0.717) is 12.1 Å². The van der Waals surface area contributed by atoms with Gasteiger partial charge in [0.05, 0.1) is 6.61 Å². The highest BCUT2D eigenvalue weighted by atomic mass is 16.5. The molecule has 2 heterocycles. The standard InChI is InChI=1S/C17H27N3O/c1-13(14-4-5-17-15(10-14)6-9-21-17)18-11-16-12-19(2)7-8-20(16)3/h4-5,10,13,16,18H,6-9,11-12H2,1-3H3. The number of likely N-dealkylation sites (N-methyl/N-ethyl adjacent to an activating group) is 2. The summed E-state index contributed by atoms with van der Waals surface area (Å²) in [7, 11) is 4.45.